The first-order valence-corrected chi connectivity index (χ1v) is 10.1. The molecule has 0 bridgehead atoms. The van der Waals surface area contributed by atoms with Gasteiger partial charge in [-0.2, -0.15) is 0 Å². The zero-order chi connectivity index (χ0) is 19.5. The fourth-order valence-electron chi connectivity index (χ4n) is 3.94. The van der Waals surface area contributed by atoms with Gasteiger partial charge >= 0.3 is 0 Å². The van der Waals surface area contributed by atoms with Crippen molar-refractivity contribution in [3.8, 4) is 28.1 Å². The SMILES string of the molecule is Cc1ccccc1-n1c(CC(C)C)cc(-c2ccccc2)c1-c1ccccc1. The molecular weight excluding hydrogens is 338 g/mol. The zero-order valence-electron chi connectivity index (χ0n) is 16.9. The third-order valence-corrected chi connectivity index (χ3v) is 5.18. The second kappa shape index (κ2) is 7.90. The monoisotopic (exact) mass is 365 g/mol. The van der Waals surface area contributed by atoms with Gasteiger partial charge in [0, 0.05) is 16.9 Å². The molecular formula is C27H27N. The molecule has 0 atom stereocenters. The van der Waals surface area contributed by atoms with Crippen LogP contribution in [-0.2, 0) is 6.42 Å². The van der Waals surface area contributed by atoms with Gasteiger partial charge in [-0.25, -0.2) is 0 Å². The summed E-state index contributed by atoms with van der Waals surface area (Å²) in [4.78, 5) is 0. The van der Waals surface area contributed by atoms with E-state index in [2.05, 4.69) is 116 Å². The lowest BCUT2D eigenvalue weighted by Gasteiger charge is -2.18. The highest BCUT2D eigenvalue weighted by Crippen LogP contribution is 2.38. The van der Waals surface area contributed by atoms with E-state index in [1.807, 2.05) is 0 Å². The highest BCUT2D eigenvalue weighted by atomic mass is 15.0. The summed E-state index contributed by atoms with van der Waals surface area (Å²) in [5.41, 5.74) is 9.00. The van der Waals surface area contributed by atoms with Gasteiger partial charge in [-0.05, 0) is 48.1 Å². The molecule has 4 rings (SSSR count). The van der Waals surface area contributed by atoms with Crippen LogP contribution in [0.2, 0.25) is 0 Å². The maximum absolute atomic E-state index is 2.48. The van der Waals surface area contributed by atoms with Gasteiger partial charge in [0.2, 0.25) is 0 Å². The first kappa shape index (κ1) is 18.3. The number of nitrogens with zero attached hydrogens (tertiary/aromatic N) is 1. The summed E-state index contributed by atoms with van der Waals surface area (Å²) in [7, 11) is 0. The highest BCUT2D eigenvalue weighted by molar-refractivity contribution is 5.84. The number of hydrogen-bond acceptors (Lipinski definition) is 0. The molecule has 1 aromatic heterocycles. The number of para-hydroxylation sites is 1. The van der Waals surface area contributed by atoms with Gasteiger partial charge in [0.1, 0.15) is 0 Å². The average molecular weight is 366 g/mol. The lowest BCUT2D eigenvalue weighted by molar-refractivity contribution is 0.627. The van der Waals surface area contributed by atoms with E-state index in [1.165, 1.54) is 39.3 Å². The molecule has 0 radical (unpaired) electrons. The van der Waals surface area contributed by atoms with Crippen LogP contribution in [0.3, 0.4) is 0 Å². The predicted octanol–water partition coefficient (Wildman–Crippen LogP) is 7.32. The number of hydrogen-bond donors (Lipinski definition) is 0. The summed E-state index contributed by atoms with van der Waals surface area (Å²) < 4.78 is 2.48. The standard InChI is InChI=1S/C27H27N/c1-20(2)18-24-19-25(22-13-6-4-7-14-22)27(23-15-8-5-9-16-23)28(24)26-17-11-10-12-21(26)3/h4-17,19-20H,18H2,1-3H3. The molecule has 0 saturated heterocycles. The number of rotatable bonds is 5. The Hall–Kier alpha value is -3.06. The summed E-state index contributed by atoms with van der Waals surface area (Å²) in [5, 5.41) is 0. The van der Waals surface area contributed by atoms with E-state index in [9.17, 15) is 0 Å². The van der Waals surface area contributed by atoms with E-state index in [4.69, 9.17) is 0 Å². The average Bonchev–Trinajstić information content (AvgIpc) is 3.08. The molecule has 0 aliphatic heterocycles. The largest absolute Gasteiger partial charge is 0.313 e. The van der Waals surface area contributed by atoms with Gasteiger partial charge in [0.25, 0.3) is 0 Å². The van der Waals surface area contributed by atoms with Gasteiger partial charge in [-0.1, -0.05) is 92.7 Å². The second-order valence-corrected chi connectivity index (χ2v) is 7.85. The van der Waals surface area contributed by atoms with Crippen LogP contribution in [0.25, 0.3) is 28.1 Å². The Morgan fingerprint density at radius 3 is 1.89 bits per heavy atom. The maximum atomic E-state index is 2.48. The second-order valence-electron chi connectivity index (χ2n) is 7.85. The van der Waals surface area contributed by atoms with Gasteiger partial charge in [-0.15, -0.1) is 0 Å². The Bertz CT molecular complexity index is 1060. The summed E-state index contributed by atoms with van der Waals surface area (Å²) in [6.07, 6.45) is 1.04. The van der Waals surface area contributed by atoms with Crippen molar-refractivity contribution in [1.82, 2.24) is 4.57 Å². The fourth-order valence-corrected chi connectivity index (χ4v) is 3.94. The van der Waals surface area contributed by atoms with Crippen LogP contribution in [0, 0.1) is 12.8 Å². The van der Waals surface area contributed by atoms with E-state index >= 15 is 0 Å². The van der Waals surface area contributed by atoms with Crippen LogP contribution in [0.15, 0.2) is 91.0 Å². The molecule has 0 aliphatic carbocycles. The van der Waals surface area contributed by atoms with Gasteiger partial charge in [0.15, 0.2) is 0 Å². The Kier molecular flexibility index (Phi) is 5.16. The molecule has 3 aromatic carbocycles. The summed E-state index contributed by atoms with van der Waals surface area (Å²) in [6, 6.07) is 32.6. The van der Waals surface area contributed by atoms with Crippen LogP contribution in [-0.4, -0.2) is 4.57 Å². The van der Waals surface area contributed by atoms with E-state index < -0.39 is 0 Å². The number of benzene rings is 3. The van der Waals surface area contributed by atoms with Crippen LogP contribution in [0.4, 0.5) is 0 Å². The Balaban J connectivity index is 2.07. The summed E-state index contributed by atoms with van der Waals surface area (Å²) in [5.74, 6) is 0.588. The van der Waals surface area contributed by atoms with E-state index in [-0.39, 0.29) is 0 Å². The highest BCUT2D eigenvalue weighted by Gasteiger charge is 2.20. The van der Waals surface area contributed by atoms with Crippen molar-refractivity contribution in [2.45, 2.75) is 27.2 Å². The Morgan fingerprint density at radius 2 is 1.29 bits per heavy atom. The van der Waals surface area contributed by atoms with E-state index in [1.54, 1.807) is 0 Å². The quantitative estimate of drug-likeness (QED) is 0.349. The van der Waals surface area contributed by atoms with Crippen molar-refractivity contribution in [1.29, 1.82) is 0 Å². The molecule has 1 nitrogen and oxygen atoms in total. The summed E-state index contributed by atoms with van der Waals surface area (Å²) in [6.45, 7) is 6.78. The fraction of sp³-hybridized carbons (Fsp3) is 0.185. The zero-order valence-corrected chi connectivity index (χ0v) is 16.9. The van der Waals surface area contributed by atoms with Gasteiger partial charge in [0.05, 0.1) is 5.69 Å². The molecule has 0 unspecified atom stereocenters. The minimum Gasteiger partial charge on any atom is -0.313 e. The smallest absolute Gasteiger partial charge is 0.0609 e. The predicted molar refractivity (Wildman–Crippen MR) is 120 cm³/mol. The molecule has 1 heteroatoms. The molecule has 4 aromatic rings. The lowest BCUT2D eigenvalue weighted by Crippen LogP contribution is -2.06. The molecule has 28 heavy (non-hydrogen) atoms. The van der Waals surface area contributed by atoms with Crippen molar-refractivity contribution in [2.75, 3.05) is 0 Å². The van der Waals surface area contributed by atoms with Gasteiger partial charge < -0.3 is 4.57 Å². The molecule has 0 fully saturated rings. The number of aryl methyl sites for hydroxylation is 1. The van der Waals surface area contributed by atoms with Crippen LogP contribution >= 0.6 is 0 Å². The first-order valence-electron chi connectivity index (χ1n) is 10.1. The van der Waals surface area contributed by atoms with E-state index in [0.717, 1.165) is 6.42 Å². The lowest BCUT2D eigenvalue weighted by atomic mass is 10.0. The first-order chi connectivity index (χ1) is 13.6. The normalized spacial score (nSPS) is 11.1. The van der Waals surface area contributed by atoms with Crippen LogP contribution in [0.5, 0.6) is 0 Å². The molecule has 140 valence electrons. The molecule has 0 N–H and O–H groups in total. The van der Waals surface area contributed by atoms with Crippen molar-refractivity contribution in [3.63, 3.8) is 0 Å². The molecule has 1 heterocycles. The molecule has 0 amide bonds. The molecule has 0 aliphatic rings. The molecule has 0 saturated carbocycles. The van der Waals surface area contributed by atoms with Crippen molar-refractivity contribution < 1.29 is 0 Å². The number of aromatic nitrogens is 1. The van der Waals surface area contributed by atoms with Crippen molar-refractivity contribution >= 4 is 0 Å². The third kappa shape index (κ3) is 3.53. The Morgan fingerprint density at radius 1 is 0.714 bits per heavy atom. The maximum Gasteiger partial charge on any atom is 0.0609 e. The van der Waals surface area contributed by atoms with Crippen LogP contribution in [0.1, 0.15) is 25.1 Å². The Labute approximate surface area is 168 Å². The summed E-state index contributed by atoms with van der Waals surface area (Å²) >= 11 is 0. The minimum atomic E-state index is 0.588. The van der Waals surface area contributed by atoms with Gasteiger partial charge in [-0.3, -0.25) is 0 Å². The third-order valence-electron chi connectivity index (χ3n) is 5.18. The topological polar surface area (TPSA) is 4.93 Å². The minimum absolute atomic E-state index is 0.588. The van der Waals surface area contributed by atoms with E-state index in [0.29, 0.717) is 5.92 Å². The van der Waals surface area contributed by atoms with Crippen molar-refractivity contribution in [3.05, 3.63) is 102 Å². The molecule has 0 spiro atoms. The van der Waals surface area contributed by atoms with Crippen molar-refractivity contribution in [2.24, 2.45) is 5.92 Å². The van der Waals surface area contributed by atoms with Crippen LogP contribution < -0.4 is 0 Å².